The highest BCUT2D eigenvalue weighted by Crippen LogP contribution is 2.29. The highest BCUT2D eigenvalue weighted by molar-refractivity contribution is 7.18. The molecule has 4 aromatic rings. The van der Waals surface area contributed by atoms with Crippen LogP contribution in [0.1, 0.15) is 17.5 Å². The number of nitrogens with zero attached hydrogens (tertiary/aromatic N) is 2. The number of thiazole rings is 1. The number of aromatic nitrogens is 1. The second-order valence-corrected chi connectivity index (χ2v) is 8.17. The zero-order valence-corrected chi connectivity index (χ0v) is 17.5. The van der Waals surface area contributed by atoms with Crippen LogP contribution >= 0.6 is 11.3 Å². The van der Waals surface area contributed by atoms with Crippen LogP contribution in [0, 0.1) is 0 Å². The molecule has 0 aliphatic rings. The summed E-state index contributed by atoms with van der Waals surface area (Å²) in [6.45, 7) is 5.29. The monoisotopic (exact) mass is 406 g/mol. The zero-order chi connectivity index (χ0) is 20.1. The summed E-state index contributed by atoms with van der Waals surface area (Å²) in [4.78, 5) is 7.00. The van der Waals surface area contributed by atoms with Crippen LogP contribution in [0.15, 0.2) is 60.7 Å². The number of fused-ring (bicyclic) bond motifs is 2. The number of aliphatic hydroxyl groups excluding tert-OH is 1. The minimum absolute atomic E-state index is 0.181. The molecule has 0 amide bonds. The van der Waals surface area contributed by atoms with E-state index >= 15 is 0 Å². The van der Waals surface area contributed by atoms with Crippen LogP contribution in [0.4, 0.5) is 0 Å². The molecule has 1 heterocycles. The second kappa shape index (κ2) is 9.35. The second-order valence-electron chi connectivity index (χ2n) is 7.06. The maximum atomic E-state index is 9.08. The van der Waals surface area contributed by atoms with E-state index in [0.29, 0.717) is 13.2 Å². The third-order valence-corrected chi connectivity index (χ3v) is 6.18. The predicted octanol–water partition coefficient (Wildman–Crippen LogP) is 4.73. The average Bonchev–Trinajstić information content (AvgIpc) is 3.15. The fourth-order valence-electron chi connectivity index (χ4n) is 3.59. The lowest BCUT2D eigenvalue weighted by molar-refractivity contribution is 0.174. The quantitative estimate of drug-likeness (QED) is 0.436. The Hall–Kier alpha value is -2.47. The van der Waals surface area contributed by atoms with E-state index < -0.39 is 0 Å². The van der Waals surface area contributed by atoms with Crippen molar-refractivity contribution < 1.29 is 9.84 Å². The highest BCUT2D eigenvalue weighted by atomic mass is 32.1. The van der Waals surface area contributed by atoms with Gasteiger partial charge in [0.05, 0.1) is 21.8 Å². The summed E-state index contributed by atoms with van der Waals surface area (Å²) >= 11 is 1.73. The van der Waals surface area contributed by atoms with Crippen molar-refractivity contribution in [2.24, 2.45) is 0 Å². The predicted molar refractivity (Wildman–Crippen MR) is 121 cm³/mol. The first kappa shape index (κ1) is 19.8. The van der Waals surface area contributed by atoms with E-state index in [2.05, 4.69) is 60.4 Å². The van der Waals surface area contributed by atoms with E-state index in [4.69, 9.17) is 14.8 Å². The van der Waals surface area contributed by atoms with E-state index in [9.17, 15) is 0 Å². The molecular formula is C24H26N2O2S. The zero-order valence-electron chi connectivity index (χ0n) is 16.7. The molecule has 0 atom stereocenters. The number of benzene rings is 3. The molecule has 0 saturated carbocycles. The van der Waals surface area contributed by atoms with E-state index in [1.807, 2.05) is 12.1 Å². The van der Waals surface area contributed by atoms with Gasteiger partial charge in [0, 0.05) is 19.5 Å². The van der Waals surface area contributed by atoms with Crippen LogP contribution in [0.3, 0.4) is 0 Å². The Morgan fingerprint density at radius 1 is 1.03 bits per heavy atom. The largest absolute Gasteiger partial charge is 0.492 e. The molecule has 150 valence electrons. The molecule has 0 bridgehead atoms. The molecule has 29 heavy (non-hydrogen) atoms. The maximum absolute atomic E-state index is 9.08. The molecule has 4 nitrogen and oxygen atoms in total. The van der Waals surface area contributed by atoms with Gasteiger partial charge in [-0.1, -0.05) is 49.4 Å². The van der Waals surface area contributed by atoms with Gasteiger partial charge >= 0.3 is 0 Å². The number of rotatable bonds is 9. The van der Waals surface area contributed by atoms with Crippen LogP contribution in [-0.2, 0) is 6.42 Å². The van der Waals surface area contributed by atoms with E-state index in [0.717, 1.165) is 40.5 Å². The van der Waals surface area contributed by atoms with E-state index in [-0.39, 0.29) is 6.61 Å². The highest BCUT2D eigenvalue weighted by Gasteiger charge is 2.09. The van der Waals surface area contributed by atoms with Gasteiger partial charge < -0.3 is 9.84 Å². The summed E-state index contributed by atoms with van der Waals surface area (Å²) in [5.74, 6) is 0.873. The van der Waals surface area contributed by atoms with Crippen LogP contribution in [0.2, 0.25) is 0 Å². The van der Waals surface area contributed by atoms with Gasteiger partial charge in [-0.2, -0.15) is 0 Å². The summed E-state index contributed by atoms with van der Waals surface area (Å²) < 4.78 is 7.09. The van der Waals surface area contributed by atoms with Gasteiger partial charge in [-0.25, -0.2) is 4.98 Å². The van der Waals surface area contributed by atoms with Gasteiger partial charge in [0.1, 0.15) is 12.4 Å². The summed E-state index contributed by atoms with van der Waals surface area (Å²) in [7, 11) is 0. The standard InChI is InChI=1S/C24H26N2O2S/c1-2-26(12-14-27)13-15-28-20-10-11-22-23(17-20)29-24(25-22)16-19-8-5-7-18-6-3-4-9-21(18)19/h3-11,17,27H,2,12-16H2,1H3. The summed E-state index contributed by atoms with van der Waals surface area (Å²) in [6.07, 6.45) is 0.837. The molecule has 5 heteroatoms. The molecule has 1 N–H and O–H groups in total. The van der Waals surface area contributed by atoms with Crippen molar-refractivity contribution >= 4 is 32.3 Å². The first-order valence-electron chi connectivity index (χ1n) is 10.1. The SMILES string of the molecule is CCN(CCO)CCOc1ccc2nc(Cc3cccc4ccccc34)sc2c1. The van der Waals surface area contributed by atoms with Crippen molar-refractivity contribution in [2.75, 3.05) is 32.8 Å². The molecule has 0 radical (unpaired) electrons. The fraction of sp³-hybridized carbons (Fsp3) is 0.292. The lowest BCUT2D eigenvalue weighted by Gasteiger charge is -2.19. The van der Waals surface area contributed by atoms with Gasteiger partial charge in [0.2, 0.25) is 0 Å². The number of ether oxygens (including phenoxy) is 1. The average molecular weight is 407 g/mol. The van der Waals surface area contributed by atoms with Gasteiger partial charge in [-0.05, 0) is 41.1 Å². The minimum atomic E-state index is 0.181. The van der Waals surface area contributed by atoms with E-state index in [1.54, 1.807) is 11.3 Å². The molecular weight excluding hydrogens is 380 g/mol. The smallest absolute Gasteiger partial charge is 0.120 e. The third kappa shape index (κ3) is 4.75. The van der Waals surface area contributed by atoms with Crippen molar-refractivity contribution in [3.05, 3.63) is 71.2 Å². The number of hydrogen-bond acceptors (Lipinski definition) is 5. The Morgan fingerprint density at radius 3 is 2.76 bits per heavy atom. The van der Waals surface area contributed by atoms with Gasteiger partial charge in [0.25, 0.3) is 0 Å². The van der Waals surface area contributed by atoms with E-state index in [1.165, 1.54) is 16.3 Å². The maximum Gasteiger partial charge on any atom is 0.120 e. The van der Waals surface area contributed by atoms with Crippen molar-refractivity contribution in [3.8, 4) is 5.75 Å². The summed E-state index contributed by atoms with van der Waals surface area (Å²) in [6, 6.07) is 21.1. The Morgan fingerprint density at radius 2 is 1.90 bits per heavy atom. The van der Waals surface area contributed by atoms with Crippen molar-refractivity contribution in [1.82, 2.24) is 9.88 Å². The van der Waals surface area contributed by atoms with Crippen molar-refractivity contribution in [3.63, 3.8) is 0 Å². The number of hydrogen-bond donors (Lipinski definition) is 1. The molecule has 3 aromatic carbocycles. The molecule has 0 spiro atoms. The normalized spacial score (nSPS) is 11.6. The third-order valence-electron chi connectivity index (χ3n) is 5.17. The fourth-order valence-corrected chi connectivity index (χ4v) is 4.61. The van der Waals surface area contributed by atoms with Gasteiger partial charge in [0.15, 0.2) is 0 Å². The molecule has 0 aliphatic heterocycles. The molecule has 0 saturated heterocycles. The molecule has 0 aliphatic carbocycles. The summed E-state index contributed by atoms with van der Waals surface area (Å²) in [5, 5.41) is 12.8. The first-order valence-corrected chi connectivity index (χ1v) is 10.9. The lowest BCUT2D eigenvalue weighted by atomic mass is 10.0. The van der Waals surface area contributed by atoms with Crippen molar-refractivity contribution in [2.45, 2.75) is 13.3 Å². The molecule has 0 unspecified atom stereocenters. The number of likely N-dealkylation sites (N-methyl/N-ethyl adjacent to an activating group) is 1. The van der Waals surface area contributed by atoms with Crippen molar-refractivity contribution in [1.29, 1.82) is 0 Å². The Labute approximate surface area is 175 Å². The lowest BCUT2D eigenvalue weighted by Crippen LogP contribution is -2.30. The first-order chi connectivity index (χ1) is 14.3. The minimum Gasteiger partial charge on any atom is -0.492 e. The summed E-state index contributed by atoms with van der Waals surface area (Å²) in [5.41, 5.74) is 2.33. The Bertz CT molecular complexity index is 1090. The van der Waals surface area contributed by atoms with Crippen LogP contribution in [-0.4, -0.2) is 47.8 Å². The topological polar surface area (TPSA) is 45.6 Å². The Balaban J connectivity index is 1.47. The van der Waals surface area contributed by atoms with Crippen LogP contribution < -0.4 is 4.74 Å². The molecule has 1 aromatic heterocycles. The van der Waals surface area contributed by atoms with Crippen LogP contribution in [0.5, 0.6) is 5.75 Å². The molecule has 4 rings (SSSR count). The molecule has 0 fully saturated rings. The Kier molecular flexibility index (Phi) is 6.39. The van der Waals surface area contributed by atoms with Gasteiger partial charge in [-0.3, -0.25) is 4.90 Å². The van der Waals surface area contributed by atoms with Gasteiger partial charge in [-0.15, -0.1) is 11.3 Å². The number of aliphatic hydroxyl groups is 1. The van der Waals surface area contributed by atoms with Crippen LogP contribution in [0.25, 0.3) is 21.0 Å².